The van der Waals surface area contributed by atoms with Crippen LogP contribution in [0.3, 0.4) is 0 Å². The maximum atomic E-state index is 13.9. The Morgan fingerprint density at radius 1 is 1.32 bits per heavy atom. The third kappa shape index (κ3) is 2.68. The molecule has 3 nitrogen and oxygen atoms in total. The van der Waals surface area contributed by atoms with Gasteiger partial charge in [0.1, 0.15) is 11.6 Å². The standard InChI is InChI=1S/C15H19FN2O/c1-3-15(19,12-7-5-6-8-13(12)16)11-14-17-9-10-18(14)4-2/h5-10,19H,3-4,11H2,1-2H3. The number of hydrogen-bond acceptors (Lipinski definition) is 2. The Morgan fingerprint density at radius 3 is 2.68 bits per heavy atom. The first kappa shape index (κ1) is 13.7. The molecule has 1 heterocycles. The van der Waals surface area contributed by atoms with Gasteiger partial charge in [0, 0.05) is 30.9 Å². The van der Waals surface area contributed by atoms with Crippen molar-refractivity contribution in [1.82, 2.24) is 9.55 Å². The summed E-state index contributed by atoms with van der Waals surface area (Å²) in [5.74, 6) is 0.400. The normalized spacial score (nSPS) is 14.3. The Hall–Kier alpha value is -1.68. The van der Waals surface area contributed by atoms with E-state index in [1.807, 2.05) is 24.6 Å². The second-order valence-corrected chi connectivity index (χ2v) is 4.67. The maximum Gasteiger partial charge on any atom is 0.129 e. The van der Waals surface area contributed by atoms with Crippen LogP contribution in [0.25, 0.3) is 0 Å². The molecular formula is C15H19FN2O. The Morgan fingerprint density at radius 2 is 2.05 bits per heavy atom. The lowest BCUT2D eigenvalue weighted by Gasteiger charge is -2.27. The number of imidazole rings is 1. The highest BCUT2D eigenvalue weighted by atomic mass is 19.1. The topological polar surface area (TPSA) is 38.0 Å². The largest absolute Gasteiger partial charge is 0.385 e. The third-order valence-corrected chi connectivity index (χ3v) is 3.55. The average Bonchev–Trinajstić information content (AvgIpc) is 2.86. The van der Waals surface area contributed by atoms with Crippen molar-refractivity contribution in [3.8, 4) is 0 Å². The molecule has 1 aromatic carbocycles. The van der Waals surface area contributed by atoms with Crippen LogP contribution < -0.4 is 0 Å². The second kappa shape index (κ2) is 5.53. The fourth-order valence-corrected chi connectivity index (χ4v) is 2.31. The number of aliphatic hydroxyl groups is 1. The quantitative estimate of drug-likeness (QED) is 0.899. The number of nitrogens with zero attached hydrogens (tertiary/aromatic N) is 2. The molecule has 102 valence electrons. The van der Waals surface area contributed by atoms with Gasteiger partial charge in [-0.25, -0.2) is 9.37 Å². The number of aryl methyl sites for hydroxylation is 1. The summed E-state index contributed by atoms with van der Waals surface area (Å²) in [6.07, 6.45) is 4.32. The number of hydrogen-bond donors (Lipinski definition) is 1. The molecule has 0 amide bonds. The minimum Gasteiger partial charge on any atom is -0.385 e. The van der Waals surface area contributed by atoms with Crippen molar-refractivity contribution in [2.75, 3.05) is 0 Å². The van der Waals surface area contributed by atoms with Crippen molar-refractivity contribution in [1.29, 1.82) is 0 Å². The molecule has 0 bridgehead atoms. The van der Waals surface area contributed by atoms with Crippen LogP contribution in [-0.4, -0.2) is 14.7 Å². The van der Waals surface area contributed by atoms with Crippen LogP contribution in [0.1, 0.15) is 31.7 Å². The van der Waals surface area contributed by atoms with E-state index in [2.05, 4.69) is 4.98 Å². The van der Waals surface area contributed by atoms with Crippen LogP contribution >= 0.6 is 0 Å². The van der Waals surface area contributed by atoms with Crippen LogP contribution in [0.15, 0.2) is 36.7 Å². The molecule has 0 aliphatic heterocycles. The van der Waals surface area contributed by atoms with E-state index in [4.69, 9.17) is 0 Å². The molecule has 0 saturated carbocycles. The van der Waals surface area contributed by atoms with Crippen molar-refractivity contribution < 1.29 is 9.50 Å². The Bertz CT molecular complexity index is 553. The second-order valence-electron chi connectivity index (χ2n) is 4.67. The molecule has 2 rings (SSSR count). The summed E-state index contributed by atoms with van der Waals surface area (Å²) in [6.45, 7) is 4.65. The van der Waals surface area contributed by atoms with Gasteiger partial charge >= 0.3 is 0 Å². The van der Waals surface area contributed by atoms with E-state index in [0.717, 1.165) is 12.4 Å². The maximum absolute atomic E-state index is 13.9. The van der Waals surface area contributed by atoms with Crippen LogP contribution in [0.5, 0.6) is 0 Å². The molecule has 1 N–H and O–H groups in total. The van der Waals surface area contributed by atoms with Gasteiger partial charge in [0.25, 0.3) is 0 Å². The lowest BCUT2D eigenvalue weighted by atomic mass is 9.87. The molecular weight excluding hydrogens is 243 g/mol. The fraction of sp³-hybridized carbons (Fsp3) is 0.400. The fourth-order valence-electron chi connectivity index (χ4n) is 2.31. The summed E-state index contributed by atoms with van der Waals surface area (Å²) < 4.78 is 15.9. The van der Waals surface area contributed by atoms with Crippen LogP contribution in [0, 0.1) is 5.82 Å². The van der Waals surface area contributed by atoms with Crippen molar-refractivity contribution in [2.24, 2.45) is 0 Å². The van der Waals surface area contributed by atoms with Gasteiger partial charge < -0.3 is 9.67 Å². The van der Waals surface area contributed by atoms with Crippen molar-refractivity contribution in [2.45, 2.75) is 38.8 Å². The van der Waals surface area contributed by atoms with Crippen molar-refractivity contribution in [3.05, 3.63) is 53.9 Å². The van der Waals surface area contributed by atoms with Crippen LogP contribution in [0.2, 0.25) is 0 Å². The zero-order valence-corrected chi connectivity index (χ0v) is 11.3. The minimum atomic E-state index is -1.22. The van der Waals surface area contributed by atoms with Gasteiger partial charge in [-0.05, 0) is 19.4 Å². The average molecular weight is 262 g/mol. The Kier molecular flexibility index (Phi) is 4.00. The number of aromatic nitrogens is 2. The molecule has 0 radical (unpaired) electrons. The van der Waals surface area contributed by atoms with Crippen molar-refractivity contribution >= 4 is 0 Å². The van der Waals surface area contributed by atoms with E-state index in [0.29, 0.717) is 18.4 Å². The smallest absolute Gasteiger partial charge is 0.129 e. The molecule has 19 heavy (non-hydrogen) atoms. The molecule has 1 aromatic heterocycles. The monoisotopic (exact) mass is 262 g/mol. The van der Waals surface area contributed by atoms with Gasteiger partial charge in [-0.2, -0.15) is 0 Å². The molecule has 0 aliphatic rings. The van der Waals surface area contributed by atoms with Crippen molar-refractivity contribution in [3.63, 3.8) is 0 Å². The molecule has 0 saturated heterocycles. The number of halogens is 1. The van der Waals surface area contributed by atoms with Gasteiger partial charge in [-0.3, -0.25) is 0 Å². The molecule has 1 unspecified atom stereocenters. The van der Waals surface area contributed by atoms with Gasteiger partial charge in [-0.15, -0.1) is 0 Å². The van der Waals surface area contributed by atoms with Gasteiger partial charge in [0.05, 0.1) is 5.60 Å². The minimum absolute atomic E-state index is 0.311. The molecule has 0 aliphatic carbocycles. The lowest BCUT2D eigenvalue weighted by Crippen LogP contribution is -2.30. The first-order chi connectivity index (χ1) is 9.10. The lowest BCUT2D eigenvalue weighted by molar-refractivity contribution is 0.0264. The predicted molar refractivity (Wildman–Crippen MR) is 72.2 cm³/mol. The molecule has 0 spiro atoms. The van der Waals surface area contributed by atoms with Crippen LogP contribution in [0.4, 0.5) is 4.39 Å². The summed E-state index contributed by atoms with van der Waals surface area (Å²) in [5.41, 5.74) is -0.882. The van der Waals surface area contributed by atoms with E-state index >= 15 is 0 Å². The van der Waals surface area contributed by atoms with E-state index in [9.17, 15) is 9.50 Å². The summed E-state index contributed by atoms with van der Waals surface area (Å²) in [5, 5.41) is 10.8. The number of rotatable bonds is 5. The summed E-state index contributed by atoms with van der Waals surface area (Å²) in [6, 6.07) is 6.38. The third-order valence-electron chi connectivity index (χ3n) is 3.55. The molecule has 1 atom stereocenters. The van der Waals surface area contributed by atoms with E-state index in [1.54, 1.807) is 24.4 Å². The highest BCUT2D eigenvalue weighted by molar-refractivity contribution is 5.25. The molecule has 0 fully saturated rings. The van der Waals surface area contributed by atoms with E-state index in [-0.39, 0.29) is 5.82 Å². The van der Waals surface area contributed by atoms with Gasteiger partial charge in [0.15, 0.2) is 0 Å². The highest BCUT2D eigenvalue weighted by Gasteiger charge is 2.31. The SMILES string of the molecule is CCn1ccnc1CC(O)(CC)c1ccccc1F. The zero-order chi connectivity index (χ0) is 13.9. The number of benzene rings is 1. The van der Waals surface area contributed by atoms with Gasteiger partial charge in [0.2, 0.25) is 0 Å². The van der Waals surface area contributed by atoms with E-state index in [1.165, 1.54) is 6.07 Å². The first-order valence-corrected chi connectivity index (χ1v) is 6.58. The Labute approximate surface area is 112 Å². The summed E-state index contributed by atoms with van der Waals surface area (Å²) >= 11 is 0. The first-order valence-electron chi connectivity index (χ1n) is 6.58. The summed E-state index contributed by atoms with van der Waals surface area (Å²) in [7, 11) is 0. The Balaban J connectivity index is 2.36. The highest BCUT2D eigenvalue weighted by Crippen LogP contribution is 2.30. The van der Waals surface area contributed by atoms with E-state index < -0.39 is 5.60 Å². The predicted octanol–water partition coefficient (Wildman–Crippen LogP) is 2.88. The van der Waals surface area contributed by atoms with Crippen LogP contribution in [-0.2, 0) is 18.6 Å². The molecule has 4 heteroatoms. The summed E-state index contributed by atoms with van der Waals surface area (Å²) in [4.78, 5) is 4.26. The molecule has 2 aromatic rings. The van der Waals surface area contributed by atoms with Gasteiger partial charge in [-0.1, -0.05) is 25.1 Å². The zero-order valence-electron chi connectivity index (χ0n) is 11.3.